The Morgan fingerprint density at radius 1 is 1.04 bits per heavy atom. The van der Waals surface area contributed by atoms with Crippen molar-refractivity contribution in [2.45, 2.75) is 44.7 Å². The van der Waals surface area contributed by atoms with Gasteiger partial charge in [0.25, 0.3) is 5.56 Å². The van der Waals surface area contributed by atoms with Crippen LogP contribution < -0.4 is 5.56 Å². The van der Waals surface area contributed by atoms with Crippen molar-refractivity contribution in [3.63, 3.8) is 0 Å². The summed E-state index contributed by atoms with van der Waals surface area (Å²) in [6.07, 6.45) is 4.52. The van der Waals surface area contributed by atoms with E-state index in [1.807, 2.05) is 11.0 Å². The molecule has 1 aromatic carbocycles. The van der Waals surface area contributed by atoms with Crippen LogP contribution in [-0.2, 0) is 24.2 Å². The summed E-state index contributed by atoms with van der Waals surface area (Å²) >= 11 is 0. The topological polar surface area (TPSA) is 72.2 Å². The van der Waals surface area contributed by atoms with E-state index in [-0.39, 0.29) is 17.5 Å². The van der Waals surface area contributed by atoms with Gasteiger partial charge in [-0.05, 0) is 31.4 Å². The molecule has 2 aliphatic heterocycles. The van der Waals surface area contributed by atoms with E-state index in [0.717, 1.165) is 43.6 Å². The Balaban J connectivity index is 1.46. The van der Waals surface area contributed by atoms with Crippen molar-refractivity contribution in [3.05, 3.63) is 57.5 Å². The van der Waals surface area contributed by atoms with Gasteiger partial charge in [-0.2, -0.15) is 0 Å². The average Bonchev–Trinajstić information content (AvgIpc) is 2.89. The molecule has 0 radical (unpaired) electrons. The van der Waals surface area contributed by atoms with Crippen molar-refractivity contribution in [2.75, 3.05) is 19.6 Å². The molecule has 0 bridgehead atoms. The molecule has 1 saturated heterocycles. The van der Waals surface area contributed by atoms with E-state index in [9.17, 15) is 9.59 Å². The number of piperidine rings is 1. The monoisotopic (exact) mass is 354 g/mol. The molecule has 26 heavy (non-hydrogen) atoms. The molecule has 6 heteroatoms. The van der Waals surface area contributed by atoms with E-state index in [4.69, 9.17) is 0 Å². The van der Waals surface area contributed by atoms with Crippen LogP contribution in [0.25, 0.3) is 0 Å². The standard InChI is InChI=1S/C20H26N4O2/c25-19-16-9-12-23(13-10-17(16)21-22-19)20(26)18-8-4-5-11-24(18)14-15-6-2-1-3-7-15/h1-3,6-7,18H,4-5,8-14H2,(H2,21,22,25)/t18-/m0/s1. The average molecular weight is 354 g/mol. The van der Waals surface area contributed by atoms with Crippen LogP contribution in [0.1, 0.15) is 36.1 Å². The molecule has 138 valence electrons. The molecule has 0 spiro atoms. The smallest absolute Gasteiger partial charge is 0.267 e. The molecule has 1 fully saturated rings. The predicted octanol–water partition coefficient (Wildman–Crippen LogP) is 1.68. The van der Waals surface area contributed by atoms with Crippen molar-refractivity contribution in [1.29, 1.82) is 0 Å². The Labute approximate surface area is 153 Å². The number of carbonyl (C=O) groups is 1. The van der Waals surface area contributed by atoms with Crippen molar-refractivity contribution in [2.24, 2.45) is 0 Å². The van der Waals surface area contributed by atoms with Crippen LogP contribution in [0, 0.1) is 0 Å². The van der Waals surface area contributed by atoms with Crippen LogP contribution in [0.2, 0.25) is 0 Å². The van der Waals surface area contributed by atoms with Crippen LogP contribution in [0.3, 0.4) is 0 Å². The molecular formula is C20H26N4O2. The second-order valence-electron chi connectivity index (χ2n) is 7.33. The van der Waals surface area contributed by atoms with Crippen molar-refractivity contribution < 1.29 is 4.79 Å². The van der Waals surface area contributed by atoms with Crippen molar-refractivity contribution >= 4 is 5.91 Å². The van der Waals surface area contributed by atoms with Crippen LogP contribution in [-0.4, -0.2) is 51.6 Å². The molecule has 0 unspecified atom stereocenters. The highest BCUT2D eigenvalue weighted by Crippen LogP contribution is 2.22. The van der Waals surface area contributed by atoms with E-state index >= 15 is 0 Å². The summed E-state index contributed by atoms with van der Waals surface area (Å²) in [5.41, 5.74) is 2.97. The maximum atomic E-state index is 13.3. The molecule has 4 rings (SSSR count). The van der Waals surface area contributed by atoms with Gasteiger partial charge in [-0.15, -0.1) is 0 Å². The summed E-state index contributed by atoms with van der Waals surface area (Å²) in [5.74, 6) is 0.224. The number of carbonyl (C=O) groups excluding carboxylic acids is 1. The third kappa shape index (κ3) is 3.46. The minimum Gasteiger partial charge on any atom is -0.341 e. The third-order valence-corrected chi connectivity index (χ3v) is 5.67. The zero-order chi connectivity index (χ0) is 17.9. The second-order valence-corrected chi connectivity index (χ2v) is 7.33. The maximum Gasteiger partial charge on any atom is 0.267 e. The lowest BCUT2D eigenvalue weighted by atomic mass is 9.99. The summed E-state index contributed by atoms with van der Waals surface area (Å²) in [7, 11) is 0. The quantitative estimate of drug-likeness (QED) is 0.881. The first kappa shape index (κ1) is 17.1. The Morgan fingerprint density at radius 2 is 1.85 bits per heavy atom. The number of amides is 1. The summed E-state index contributed by atoms with van der Waals surface area (Å²) in [6, 6.07) is 10.3. The molecule has 2 aromatic rings. The van der Waals surface area contributed by atoms with Gasteiger partial charge in [0.05, 0.1) is 6.04 Å². The van der Waals surface area contributed by atoms with Gasteiger partial charge in [0.1, 0.15) is 0 Å². The molecular weight excluding hydrogens is 328 g/mol. The van der Waals surface area contributed by atoms with E-state index in [1.165, 1.54) is 5.56 Å². The lowest BCUT2D eigenvalue weighted by Crippen LogP contribution is -2.51. The SMILES string of the molecule is O=C([C@@H]1CCCCN1Cc1ccccc1)N1CCc2[nH][nH]c(=O)c2CC1. The number of nitrogens with one attached hydrogen (secondary N) is 2. The number of nitrogens with zero attached hydrogens (tertiary/aromatic N) is 2. The molecule has 2 N–H and O–H groups in total. The van der Waals surface area contributed by atoms with E-state index in [1.54, 1.807) is 0 Å². The number of fused-ring (bicyclic) bond motifs is 1. The molecule has 1 amide bonds. The van der Waals surface area contributed by atoms with Gasteiger partial charge in [0.2, 0.25) is 5.91 Å². The number of benzene rings is 1. The molecule has 0 aliphatic carbocycles. The van der Waals surface area contributed by atoms with E-state index in [0.29, 0.717) is 25.9 Å². The first-order valence-corrected chi connectivity index (χ1v) is 9.57. The highest BCUT2D eigenvalue weighted by Gasteiger charge is 2.33. The summed E-state index contributed by atoms with van der Waals surface area (Å²) < 4.78 is 0. The fourth-order valence-corrected chi connectivity index (χ4v) is 4.21. The fourth-order valence-electron chi connectivity index (χ4n) is 4.21. The van der Waals surface area contributed by atoms with Gasteiger partial charge in [0.15, 0.2) is 0 Å². The highest BCUT2D eigenvalue weighted by atomic mass is 16.2. The minimum atomic E-state index is -0.0438. The Bertz CT molecular complexity index is 811. The number of aromatic nitrogens is 2. The number of likely N-dealkylation sites (tertiary alicyclic amines) is 1. The largest absolute Gasteiger partial charge is 0.341 e. The van der Waals surface area contributed by atoms with Crippen molar-refractivity contribution in [3.8, 4) is 0 Å². The first-order chi connectivity index (χ1) is 12.7. The maximum absolute atomic E-state index is 13.3. The first-order valence-electron chi connectivity index (χ1n) is 9.57. The van der Waals surface area contributed by atoms with Crippen molar-refractivity contribution in [1.82, 2.24) is 20.0 Å². The van der Waals surface area contributed by atoms with Crippen LogP contribution >= 0.6 is 0 Å². The second kappa shape index (κ2) is 7.50. The van der Waals surface area contributed by atoms with Gasteiger partial charge >= 0.3 is 0 Å². The molecule has 1 aromatic heterocycles. The molecule has 2 aliphatic rings. The minimum absolute atomic E-state index is 0.0429. The summed E-state index contributed by atoms with van der Waals surface area (Å²) in [6.45, 7) is 3.10. The van der Waals surface area contributed by atoms with Crippen LogP contribution in [0.15, 0.2) is 35.1 Å². The molecule has 1 atom stereocenters. The Kier molecular flexibility index (Phi) is 4.93. The number of hydrogen-bond donors (Lipinski definition) is 2. The normalized spacial score (nSPS) is 21.2. The Morgan fingerprint density at radius 3 is 2.69 bits per heavy atom. The van der Waals surface area contributed by atoms with Crippen LogP contribution in [0.5, 0.6) is 0 Å². The molecule has 0 saturated carbocycles. The Hall–Kier alpha value is -2.34. The predicted molar refractivity (Wildman–Crippen MR) is 99.9 cm³/mol. The zero-order valence-electron chi connectivity index (χ0n) is 15.0. The van der Waals surface area contributed by atoms with Gasteiger partial charge < -0.3 is 10.00 Å². The zero-order valence-corrected chi connectivity index (χ0v) is 15.0. The van der Waals surface area contributed by atoms with Gasteiger partial charge in [-0.1, -0.05) is 36.8 Å². The number of aromatic amines is 2. The number of H-pyrrole nitrogens is 2. The number of hydrogen-bond acceptors (Lipinski definition) is 3. The van der Waals surface area contributed by atoms with E-state index < -0.39 is 0 Å². The van der Waals surface area contributed by atoms with Crippen LogP contribution in [0.4, 0.5) is 0 Å². The van der Waals surface area contributed by atoms with E-state index in [2.05, 4.69) is 39.4 Å². The summed E-state index contributed by atoms with van der Waals surface area (Å²) in [5, 5.41) is 5.62. The third-order valence-electron chi connectivity index (χ3n) is 5.67. The lowest BCUT2D eigenvalue weighted by molar-refractivity contribution is -0.138. The fraction of sp³-hybridized carbons (Fsp3) is 0.500. The molecule has 6 nitrogen and oxygen atoms in total. The van der Waals surface area contributed by atoms with Gasteiger partial charge in [0, 0.05) is 37.3 Å². The lowest BCUT2D eigenvalue weighted by Gasteiger charge is -2.37. The van der Waals surface area contributed by atoms with Gasteiger partial charge in [-0.25, -0.2) is 0 Å². The molecule has 3 heterocycles. The highest BCUT2D eigenvalue weighted by molar-refractivity contribution is 5.82. The number of rotatable bonds is 3. The van der Waals surface area contributed by atoms with Gasteiger partial charge in [-0.3, -0.25) is 19.6 Å². The summed E-state index contributed by atoms with van der Waals surface area (Å²) in [4.78, 5) is 29.4.